The van der Waals surface area contributed by atoms with Gasteiger partial charge in [0.15, 0.2) is 0 Å². The van der Waals surface area contributed by atoms with Crippen LogP contribution in [0.15, 0.2) is 36.4 Å². The average molecular weight is 217 g/mol. The van der Waals surface area contributed by atoms with Crippen molar-refractivity contribution in [3.05, 3.63) is 42.1 Å². The lowest BCUT2D eigenvalue weighted by molar-refractivity contribution is 0.0690. The molecule has 2 heterocycles. The molecule has 0 spiro atoms. The molecule has 3 rings (SSSR count). The number of hydrogen-bond donors (Lipinski definition) is 1. The van der Waals surface area contributed by atoms with Crippen molar-refractivity contribution in [3.63, 3.8) is 0 Å². The van der Waals surface area contributed by atoms with Gasteiger partial charge in [-0.1, -0.05) is 12.1 Å². The largest absolute Gasteiger partial charge is 0.477 e. The minimum absolute atomic E-state index is 0.322. The Bertz CT molecular complexity index is 665. The fraction of sp³-hybridized carbons (Fsp3) is 0. The highest BCUT2D eigenvalue weighted by Gasteiger charge is 2.13. The summed E-state index contributed by atoms with van der Waals surface area (Å²) in [5, 5.41) is 9.03. The van der Waals surface area contributed by atoms with Gasteiger partial charge in [0, 0.05) is 0 Å². The van der Waals surface area contributed by atoms with Crippen molar-refractivity contribution in [1.82, 2.24) is 4.40 Å². The Labute approximate surface area is 89.2 Å². The summed E-state index contributed by atoms with van der Waals surface area (Å²) in [4.78, 5) is 12.0. The van der Waals surface area contributed by atoms with Crippen LogP contribution in [0.3, 0.4) is 0 Å². The van der Waals surface area contributed by atoms with E-state index in [1.165, 1.54) is 0 Å². The molecular weight excluding hydrogens is 210 g/mol. The molecule has 0 aliphatic heterocycles. The van der Waals surface area contributed by atoms with E-state index in [0.717, 1.165) is 15.0 Å². The van der Waals surface area contributed by atoms with Crippen LogP contribution >= 0.6 is 11.3 Å². The number of thiazole rings is 1. The van der Waals surface area contributed by atoms with Crippen LogP contribution in [0.5, 0.6) is 0 Å². The van der Waals surface area contributed by atoms with Crippen molar-refractivity contribution in [3.8, 4) is 0 Å². The van der Waals surface area contributed by atoms with Crippen molar-refractivity contribution < 1.29 is 9.90 Å². The van der Waals surface area contributed by atoms with Gasteiger partial charge in [-0.05, 0) is 24.3 Å². The Hall–Kier alpha value is -1.81. The maximum absolute atomic E-state index is 11.0. The van der Waals surface area contributed by atoms with Crippen LogP contribution in [-0.4, -0.2) is 15.5 Å². The maximum Gasteiger partial charge on any atom is 0.352 e. The Morgan fingerprint density at radius 2 is 2.00 bits per heavy atom. The van der Waals surface area contributed by atoms with Crippen molar-refractivity contribution in [2.45, 2.75) is 0 Å². The molecule has 4 heteroatoms. The summed E-state index contributed by atoms with van der Waals surface area (Å²) in [5.74, 6) is -0.890. The number of carboxylic acids is 1. The molecule has 15 heavy (non-hydrogen) atoms. The van der Waals surface area contributed by atoms with Gasteiger partial charge in [0.2, 0.25) is 0 Å². The number of rotatable bonds is 1. The number of carbonyl (C=O) groups is 1. The Kier molecular flexibility index (Phi) is 1.61. The Balaban J connectivity index is 2.54. The molecule has 2 aromatic heterocycles. The van der Waals surface area contributed by atoms with Crippen molar-refractivity contribution in [2.24, 2.45) is 0 Å². The highest BCUT2D eigenvalue weighted by Crippen LogP contribution is 2.28. The Morgan fingerprint density at radius 3 is 2.80 bits per heavy atom. The van der Waals surface area contributed by atoms with Gasteiger partial charge < -0.3 is 5.11 Å². The van der Waals surface area contributed by atoms with Crippen LogP contribution < -0.4 is 0 Å². The first-order valence-corrected chi connectivity index (χ1v) is 5.31. The predicted molar refractivity (Wildman–Crippen MR) is 59.7 cm³/mol. The van der Waals surface area contributed by atoms with Gasteiger partial charge in [-0.2, -0.15) is 0 Å². The summed E-state index contributed by atoms with van der Waals surface area (Å²) in [6.45, 7) is 0. The molecule has 0 saturated carbocycles. The fourth-order valence-corrected chi connectivity index (χ4v) is 2.81. The van der Waals surface area contributed by atoms with E-state index < -0.39 is 5.97 Å². The summed E-state index contributed by atoms with van der Waals surface area (Å²) < 4.78 is 2.89. The van der Waals surface area contributed by atoms with Gasteiger partial charge in [-0.25, -0.2) is 4.79 Å². The molecule has 3 aromatic rings. The fourth-order valence-electron chi connectivity index (χ4n) is 1.75. The summed E-state index contributed by atoms with van der Waals surface area (Å²) in [7, 11) is 0. The maximum atomic E-state index is 11.0. The minimum atomic E-state index is -0.890. The van der Waals surface area contributed by atoms with E-state index in [0.29, 0.717) is 5.69 Å². The number of nitrogens with zero attached hydrogens (tertiary/aromatic N) is 1. The number of carboxylic acid groups (broad SMARTS) is 1. The van der Waals surface area contributed by atoms with Gasteiger partial charge in [-0.3, -0.25) is 4.40 Å². The molecule has 0 aliphatic rings. The lowest BCUT2D eigenvalue weighted by atomic mass is 10.3. The quantitative estimate of drug-likeness (QED) is 0.681. The number of hydrogen-bond acceptors (Lipinski definition) is 2. The zero-order valence-corrected chi connectivity index (χ0v) is 8.49. The van der Waals surface area contributed by atoms with Gasteiger partial charge >= 0.3 is 5.97 Å². The van der Waals surface area contributed by atoms with Crippen LogP contribution in [0.25, 0.3) is 15.0 Å². The van der Waals surface area contributed by atoms with E-state index in [1.54, 1.807) is 21.8 Å². The van der Waals surface area contributed by atoms with Gasteiger partial charge in [0.25, 0.3) is 0 Å². The van der Waals surface area contributed by atoms with E-state index in [9.17, 15) is 4.79 Å². The second kappa shape index (κ2) is 2.84. The van der Waals surface area contributed by atoms with Gasteiger partial charge in [-0.15, -0.1) is 11.3 Å². The average Bonchev–Trinajstić information content (AvgIpc) is 2.74. The predicted octanol–water partition coefficient (Wildman–Crippen LogP) is 2.85. The summed E-state index contributed by atoms with van der Waals surface area (Å²) in [6.07, 6.45) is 0. The number of para-hydroxylation sites is 1. The molecule has 0 unspecified atom stereocenters. The monoisotopic (exact) mass is 217 g/mol. The first kappa shape index (κ1) is 8.49. The first-order valence-electron chi connectivity index (χ1n) is 4.49. The molecule has 0 bridgehead atoms. The van der Waals surface area contributed by atoms with Crippen molar-refractivity contribution in [1.29, 1.82) is 0 Å². The van der Waals surface area contributed by atoms with E-state index in [4.69, 9.17) is 5.11 Å². The Morgan fingerprint density at radius 1 is 1.20 bits per heavy atom. The standard InChI is InChI=1S/C11H7NO2S/c13-11(14)8-5-6-10-12(8)7-3-1-2-4-9(7)15-10/h1-6H,(H,13,14). The molecule has 0 amide bonds. The lowest BCUT2D eigenvalue weighted by Crippen LogP contribution is -2.00. The van der Waals surface area contributed by atoms with Crippen molar-refractivity contribution >= 4 is 32.4 Å². The van der Waals surface area contributed by atoms with Gasteiger partial charge in [0.05, 0.1) is 10.2 Å². The number of fused-ring (bicyclic) bond motifs is 3. The third kappa shape index (κ3) is 1.08. The topological polar surface area (TPSA) is 41.7 Å². The van der Waals surface area contributed by atoms with Crippen LogP contribution in [0, 0.1) is 0 Å². The minimum Gasteiger partial charge on any atom is -0.477 e. The van der Waals surface area contributed by atoms with Crippen LogP contribution in [0.4, 0.5) is 0 Å². The molecule has 1 aromatic carbocycles. The van der Waals surface area contributed by atoms with Gasteiger partial charge in [0.1, 0.15) is 10.5 Å². The molecule has 3 nitrogen and oxygen atoms in total. The number of benzene rings is 1. The summed E-state index contributed by atoms with van der Waals surface area (Å²) in [6, 6.07) is 11.3. The smallest absolute Gasteiger partial charge is 0.352 e. The molecule has 0 radical (unpaired) electrons. The number of aromatic carboxylic acids is 1. The van der Waals surface area contributed by atoms with Crippen LogP contribution in [0.2, 0.25) is 0 Å². The van der Waals surface area contributed by atoms with E-state index in [1.807, 2.05) is 30.3 Å². The molecule has 0 saturated heterocycles. The molecule has 0 atom stereocenters. The second-order valence-corrected chi connectivity index (χ2v) is 4.33. The van der Waals surface area contributed by atoms with Crippen LogP contribution in [0.1, 0.15) is 10.5 Å². The molecular formula is C11H7NO2S. The molecule has 0 fully saturated rings. The molecule has 74 valence electrons. The summed E-state index contributed by atoms with van der Waals surface area (Å²) in [5.41, 5.74) is 1.28. The molecule has 0 aliphatic carbocycles. The normalized spacial score (nSPS) is 11.2. The lowest BCUT2D eigenvalue weighted by Gasteiger charge is -1.94. The van der Waals surface area contributed by atoms with Crippen LogP contribution in [-0.2, 0) is 0 Å². The zero-order chi connectivity index (χ0) is 10.4. The van der Waals surface area contributed by atoms with E-state index >= 15 is 0 Å². The second-order valence-electron chi connectivity index (χ2n) is 3.27. The summed E-state index contributed by atoms with van der Waals surface area (Å²) >= 11 is 1.60. The highest BCUT2D eigenvalue weighted by atomic mass is 32.1. The van der Waals surface area contributed by atoms with E-state index in [-0.39, 0.29) is 0 Å². The third-order valence-corrected chi connectivity index (χ3v) is 3.48. The molecule has 1 N–H and O–H groups in total. The number of aromatic nitrogens is 1. The van der Waals surface area contributed by atoms with Crippen molar-refractivity contribution in [2.75, 3.05) is 0 Å². The highest BCUT2D eigenvalue weighted by molar-refractivity contribution is 7.24. The first-order chi connectivity index (χ1) is 7.27. The van der Waals surface area contributed by atoms with E-state index in [2.05, 4.69) is 0 Å². The zero-order valence-electron chi connectivity index (χ0n) is 7.68. The third-order valence-electron chi connectivity index (χ3n) is 2.38. The SMILES string of the molecule is O=C(O)c1ccc2sc3ccccc3n12.